The number of hydrogen-bond acceptors (Lipinski definition) is 3. The highest BCUT2D eigenvalue weighted by Gasteiger charge is 2.40. The smallest absolute Gasteiger partial charge is 0.285 e. The van der Waals surface area contributed by atoms with E-state index in [1.807, 2.05) is 0 Å². The fourth-order valence-electron chi connectivity index (χ4n) is 3.74. The molecule has 3 heteroatoms. The van der Waals surface area contributed by atoms with Gasteiger partial charge in [-0.2, -0.15) is 0 Å². The molecule has 0 radical (unpaired) electrons. The Labute approximate surface area is 151 Å². The zero-order chi connectivity index (χ0) is 18.3. The third-order valence-corrected chi connectivity index (χ3v) is 5.42. The van der Waals surface area contributed by atoms with Crippen LogP contribution in [0.5, 0.6) is 0 Å². The van der Waals surface area contributed by atoms with Crippen LogP contribution in [0.2, 0.25) is 0 Å². The summed E-state index contributed by atoms with van der Waals surface area (Å²) in [7, 11) is 5.11. The molecule has 24 heavy (non-hydrogen) atoms. The van der Waals surface area contributed by atoms with E-state index in [4.69, 9.17) is 14.2 Å². The molecular weight excluding hydrogens is 300 g/mol. The molecule has 0 aliphatic heterocycles. The van der Waals surface area contributed by atoms with Gasteiger partial charge in [0, 0.05) is 27.2 Å². The Balaban J connectivity index is 4.69. The fraction of sp³-hybridized carbons (Fsp3) is 1.00. The van der Waals surface area contributed by atoms with E-state index in [2.05, 4.69) is 20.8 Å². The van der Waals surface area contributed by atoms with Crippen LogP contribution < -0.4 is 0 Å². The van der Waals surface area contributed by atoms with E-state index in [-0.39, 0.29) is 0 Å². The molecule has 0 spiro atoms. The SMILES string of the molecule is CCCCCCCCC(CC(CC)CCCC)C(OC)(OC)OC. The number of rotatable bonds is 17. The van der Waals surface area contributed by atoms with Crippen LogP contribution in [0, 0.1) is 11.8 Å². The Morgan fingerprint density at radius 3 is 1.71 bits per heavy atom. The monoisotopic (exact) mass is 344 g/mol. The van der Waals surface area contributed by atoms with E-state index in [9.17, 15) is 0 Å². The summed E-state index contributed by atoms with van der Waals surface area (Å²) in [5, 5.41) is 0. The maximum Gasteiger partial charge on any atom is 0.285 e. The highest BCUT2D eigenvalue weighted by Crippen LogP contribution is 2.35. The lowest BCUT2D eigenvalue weighted by atomic mass is 9.84. The summed E-state index contributed by atoms with van der Waals surface area (Å²) in [5.74, 6) is 0.142. The molecule has 146 valence electrons. The first kappa shape index (κ1) is 23.9. The second kappa shape index (κ2) is 15.2. The summed E-state index contributed by atoms with van der Waals surface area (Å²) in [5.41, 5.74) is 0. The lowest BCUT2D eigenvalue weighted by Crippen LogP contribution is -2.44. The molecule has 0 fully saturated rings. The molecule has 2 unspecified atom stereocenters. The van der Waals surface area contributed by atoms with Gasteiger partial charge in [-0.25, -0.2) is 0 Å². The first-order valence-electron chi connectivity index (χ1n) is 10.3. The van der Waals surface area contributed by atoms with Gasteiger partial charge in [0.15, 0.2) is 0 Å². The second-order valence-electron chi connectivity index (χ2n) is 7.12. The third kappa shape index (κ3) is 8.82. The molecule has 0 saturated heterocycles. The van der Waals surface area contributed by atoms with Crippen LogP contribution in [-0.4, -0.2) is 27.3 Å². The zero-order valence-corrected chi connectivity index (χ0v) is 17.4. The van der Waals surface area contributed by atoms with E-state index in [1.165, 1.54) is 64.2 Å². The minimum atomic E-state index is -0.886. The molecule has 0 aromatic rings. The molecule has 0 rings (SSSR count). The third-order valence-electron chi connectivity index (χ3n) is 5.42. The largest absolute Gasteiger partial charge is 0.331 e. The molecule has 0 aromatic heterocycles. The molecule has 0 N–H and O–H groups in total. The highest BCUT2D eigenvalue weighted by molar-refractivity contribution is 4.75. The second-order valence-corrected chi connectivity index (χ2v) is 7.12. The molecule has 0 bridgehead atoms. The van der Waals surface area contributed by atoms with Crippen molar-refractivity contribution in [1.29, 1.82) is 0 Å². The first-order valence-corrected chi connectivity index (χ1v) is 10.3. The standard InChI is InChI=1S/C21H44O3/c1-7-10-12-13-14-15-17-20(21(22-4,23-5)24-6)18-19(9-3)16-11-8-2/h19-20H,7-18H2,1-6H3. The van der Waals surface area contributed by atoms with Gasteiger partial charge in [-0.15, -0.1) is 0 Å². The lowest BCUT2D eigenvalue weighted by Gasteiger charge is -2.38. The van der Waals surface area contributed by atoms with E-state index >= 15 is 0 Å². The van der Waals surface area contributed by atoms with E-state index in [1.54, 1.807) is 21.3 Å². The van der Waals surface area contributed by atoms with Crippen molar-refractivity contribution in [2.24, 2.45) is 11.8 Å². The maximum absolute atomic E-state index is 5.70. The van der Waals surface area contributed by atoms with Gasteiger partial charge in [0.2, 0.25) is 0 Å². The molecular formula is C21H44O3. The molecule has 0 heterocycles. The van der Waals surface area contributed by atoms with Crippen LogP contribution in [0.3, 0.4) is 0 Å². The fourth-order valence-corrected chi connectivity index (χ4v) is 3.74. The van der Waals surface area contributed by atoms with Crippen molar-refractivity contribution in [3.63, 3.8) is 0 Å². The Kier molecular flexibility index (Phi) is 15.1. The van der Waals surface area contributed by atoms with E-state index in [0.29, 0.717) is 5.92 Å². The normalized spacial score (nSPS) is 14.8. The predicted octanol–water partition coefficient (Wildman–Crippen LogP) is 6.55. The summed E-state index contributed by atoms with van der Waals surface area (Å²) in [6, 6.07) is 0. The number of ether oxygens (including phenoxy) is 3. The minimum Gasteiger partial charge on any atom is -0.331 e. The number of unbranched alkanes of at least 4 members (excludes halogenated alkanes) is 6. The Morgan fingerprint density at radius 1 is 0.667 bits per heavy atom. The van der Waals surface area contributed by atoms with E-state index < -0.39 is 5.97 Å². The van der Waals surface area contributed by atoms with Gasteiger partial charge in [0.1, 0.15) is 0 Å². The van der Waals surface area contributed by atoms with Crippen molar-refractivity contribution in [2.75, 3.05) is 21.3 Å². The Morgan fingerprint density at radius 2 is 1.21 bits per heavy atom. The van der Waals surface area contributed by atoms with Crippen molar-refractivity contribution in [3.05, 3.63) is 0 Å². The van der Waals surface area contributed by atoms with Crippen LogP contribution >= 0.6 is 0 Å². The van der Waals surface area contributed by atoms with Crippen LogP contribution in [-0.2, 0) is 14.2 Å². The van der Waals surface area contributed by atoms with Crippen LogP contribution in [0.1, 0.15) is 97.8 Å². The van der Waals surface area contributed by atoms with Gasteiger partial charge < -0.3 is 14.2 Å². The zero-order valence-electron chi connectivity index (χ0n) is 17.4. The van der Waals surface area contributed by atoms with Crippen LogP contribution in [0.25, 0.3) is 0 Å². The molecule has 0 amide bonds. The number of methoxy groups -OCH3 is 3. The Hall–Kier alpha value is -0.120. The summed E-state index contributed by atoms with van der Waals surface area (Å²) < 4.78 is 17.1. The van der Waals surface area contributed by atoms with E-state index in [0.717, 1.165) is 18.8 Å². The summed E-state index contributed by atoms with van der Waals surface area (Å²) >= 11 is 0. The maximum atomic E-state index is 5.70. The van der Waals surface area contributed by atoms with Crippen molar-refractivity contribution in [3.8, 4) is 0 Å². The molecule has 0 aromatic carbocycles. The van der Waals surface area contributed by atoms with Gasteiger partial charge in [-0.3, -0.25) is 0 Å². The molecule has 0 aliphatic carbocycles. The van der Waals surface area contributed by atoms with Gasteiger partial charge in [0.25, 0.3) is 5.97 Å². The molecule has 3 nitrogen and oxygen atoms in total. The topological polar surface area (TPSA) is 27.7 Å². The van der Waals surface area contributed by atoms with Crippen molar-refractivity contribution < 1.29 is 14.2 Å². The summed E-state index contributed by atoms with van der Waals surface area (Å²) in [6.45, 7) is 6.84. The molecule has 0 saturated carbocycles. The van der Waals surface area contributed by atoms with Gasteiger partial charge >= 0.3 is 0 Å². The summed E-state index contributed by atoms with van der Waals surface area (Å²) in [4.78, 5) is 0. The average Bonchev–Trinajstić information content (AvgIpc) is 2.62. The van der Waals surface area contributed by atoms with Gasteiger partial charge in [0.05, 0.1) is 0 Å². The minimum absolute atomic E-state index is 0.297. The van der Waals surface area contributed by atoms with Gasteiger partial charge in [-0.1, -0.05) is 85.0 Å². The van der Waals surface area contributed by atoms with Gasteiger partial charge in [-0.05, 0) is 18.8 Å². The van der Waals surface area contributed by atoms with Crippen LogP contribution in [0.15, 0.2) is 0 Å². The molecule has 0 aliphatic rings. The summed E-state index contributed by atoms with van der Waals surface area (Å²) in [6.07, 6.45) is 15.2. The van der Waals surface area contributed by atoms with Crippen molar-refractivity contribution in [1.82, 2.24) is 0 Å². The van der Waals surface area contributed by atoms with Crippen LogP contribution in [0.4, 0.5) is 0 Å². The quantitative estimate of drug-likeness (QED) is 0.221. The lowest BCUT2D eigenvalue weighted by molar-refractivity contribution is -0.381. The highest BCUT2D eigenvalue weighted by atomic mass is 16.9. The molecule has 2 atom stereocenters. The Bertz CT molecular complexity index is 256. The van der Waals surface area contributed by atoms with Crippen molar-refractivity contribution >= 4 is 0 Å². The van der Waals surface area contributed by atoms with Crippen molar-refractivity contribution in [2.45, 2.75) is 104 Å². The predicted molar refractivity (Wildman–Crippen MR) is 103 cm³/mol. The average molecular weight is 345 g/mol. The number of hydrogen-bond donors (Lipinski definition) is 0. The first-order chi connectivity index (χ1) is 11.6.